The fourth-order valence-corrected chi connectivity index (χ4v) is 7.14. The lowest BCUT2D eigenvalue weighted by Crippen LogP contribution is -2.48. The van der Waals surface area contributed by atoms with Crippen LogP contribution in [-0.2, 0) is 35.7 Å². The smallest absolute Gasteiger partial charge is 0.390 e. The van der Waals surface area contributed by atoms with Gasteiger partial charge in [-0.1, -0.05) is 48.5 Å². The number of amides is 1. The van der Waals surface area contributed by atoms with Gasteiger partial charge in [-0.15, -0.1) is 0 Å². The first-order valence-electron chi connectivity index (χ1n) is 14.5. The van der Waals surface area contributed by atoms with E-state index in [1.807, 2.05) is 54.1 Å². The molecule has 5 rings (SSSR count). The van der Waals surface area contributed by atoms with Crippen LogP contribution in [0.2, 0.25) is 0 Å². The summed E-state index contributed by atoms with van der Waals surface area (Å²) in [5.74, 6) is -0.440. The molecule has 2 atom stereocenters. The molecule has 1 amide bonds. The van der Waals surface area contributed by atoms with Crippen molar-refractivity contribution in [2.24, 2.45) is 0 Å². The number of nitrogens with zero attached hydrogens (tertiary/aromatic N) is 2. The van der Waals surface area contributed by atoms with E-state index in [-0.39, 0.29) is 24.4 Å². The summed E-state index contributed by atoms with van der Waals surface area (Å²) in [6.45, 7) is 2.99. The Morgan fingerprint density at radius 3 is 2.45 bits per heavy atom. The molecule has 0 radical (unpaired) electrons. The zero-order valence-corrected chi connectivity index (χ0v) is 25.0. The van der Waals surface area contributed by atoms with Gasteiger partial charge in [0.1, 0.15) is 0 Å². The molecule has 3 aromatic carbocycles. The molecule has 1 fully saturated rings. The highest BCUT2D eigenvalue weighted by molar-refractivity contribution is 7.93. The average Bonchev–Trinajstić information content (AvgIpc) is 3.58. The SMILES string of the molecule is CCn1ccc2c(N3CCCS3(=O)=O)cc(C(=O)N[C@@H](Cc3ccccc3)[C@H](O)CNCc3cccc(C(F)(F)F)c3)cc21. The first-order chi connectivity index (χ1) is 21.0. The molecule has 12 heteroatoms. The molecule has 1 aliphatic rings. The van der Waals surface area contributed by atoms with E-state index in [4.69, 9.17) is 0 Å². The molecule has 0 saturated carbocycles. The molecule has 4 aromatic rings. The van der Waals surface area contributed by atoms with Crippen LogP contribution >= 0.6 is 0 Å². The number of benzene rings is 3. The van der Waals surface area contributed by atoms with E-state index in [1.54, 1.807) is 18.2 Å². The maximum absolute atomic E-state index is 13.7. The number of sulfonamides is 1. The van der Waals surface area contributed by atoms with Crippen molar-refractivity contribution >= 4 is 32.5 Å². The van der Waals surface area contributed by atoms with Gasteiger partial charge in [0, 0.05) is 43.3 Å². The van der Waals surface area contributed by atoms with Gasteiger partial charge >= 0.3 is 6.18 Å². The third-order valence-corrected chi connectivity index (χ3v) is 9.71. The average molecular weight is 629 g/mol. The predicted molar refractivity (Wildman–Crippen MR) is 164 cm³/mol. The number of rotatable bonds is 11. The number of aliphatic hydroxyl groups is 1. The van der Waals surface area contributed by atoms with Crippen LogP contribution in [0.25, 0.3) is 10.9 Å². The number of carbonyl (C=O) groups excluding carboxylic acids is 1. The molecule has 234 valence electrons. The number of aromatic nitrogens is 1. The van der Waals surface area contributed by atoms with Crippen molar-refractivity contribution in [2.75, 3.05) is 23.1 Å². The second-order valence-corrected chi connectivity index (χ2v) is 13.0. The molecule has 0 unspecified atom stereocenters. The summed E-state index contributed by atoms with van der Waals surface area (Å²) in [5, 5.41) is 17.9. The van der Waals surface area contributed by atoms with E-state index in [0.717, 1.165) is 28.6 Å². The topological polar surface area (TPSA) is 104 Å². The van der Waals surface area contributed by atoms with Crippen LogP contribution < -0.4 is 14.9 Å². The molecule has 0 bridgehead atoms. The van der Waals surface area contributed by atoms with Crippen LogP contribution in [0.15, 0.2) is 79.0 Å². The van der Waals surface area contributed by atoms with Crippen LogP contribution in [0.5, 0.6) is 0 Å². The Balaban J connectivity index is 1.38. The highest BCUT2D eigenvalue weighted by Crippen LogP contribution is 2.34. The van der Waals surface area contributed by atoms with Crippen LogP contribution in [0.3, 0.4) is 0 Å². The first-order valence-corrected chi connectivity index (χ1v) is 16.1. The van der Waals surface area contributed by atoms with Crippen molar-refractivity contribution in [3.05, 3.63) is 101 Å². The number of nitrogens with one attached hydrogen (secondary N) is 2. The molecule has 1 aliphatic heterocycles. The minimum atomic E-state index is -4.46. The first kappa shape index (κ1) is 31.6. The Hall–Kier alpha value is -3.87. The molecular weight excluding hydrogens is 593 g/mol. The van der Waals surface area contributed by atoms with Crippen molar-refractivity contribution in [3.8, 4) is 0 Å². The van der Waals surface area contributed by atoms with E-state index in [0.29, 0.717) is 37.2 Å². The third kappa shape index (κ3) is 7.09. The molecule has 0 aliphatic carbocycles. The van der Waals surface area contributed by atoms with Crippen LogP contribution in [0, 0.1) is 0 Å². The van der Waals surface area contributed by atoms with Gasteiger partial charge < -0.3 is 20.3 Å². The monoisotopic (exact) mass is 628 g/mol. The molecule has 1 aromatic heterocycles. The second-order valence-electron chi connectivity index (χ2n) is 10.9. The number of halogens is 3. The minimum Gasteiger partial charge on any atom is -0.390 e. The Bertz CT molecular complexity index is 1720. The molecule has 44 heavy (non-hydrogen) atoms. The van der Waals surface area contributed by atoms with E-state index >= 15 is 0 Å². The lowest BCUT2D eigenvalue weighted by atomic mass is 10.00. The summed E-state index contributed by atoms with van der Waals surface area (Å²) < 4.78 is 68.3. The van der Waals surface area contributed by atoms with Crippen LogP contribution in [0.4, 0.5) is 18.9 Å². The van der Waals surface area contributed by atoms with Gasteiger partial charge in [0.05, 0.1) is 34.7 Å². The van der Waals surface area contributed by atoms with Gasteiger partial charge in [-0.25, -0.2) is 8.42 Å². The Morgan fingerprint density at radius 2 is 1.77 bits per heavy atom. The molecule has 3 N–H and O–H groups in total. The van der Waals surface area contributed by atoms with Crippen molar-refractivity contribution in [3.63, 3.8) is 0 Å². The number of fused-ring (bicyclic) bond motifs is 1. The predicted octanol–water partition coefficient (Wildman–Crippen LogP) is 4.71. The van der Waals surface area contributed by atoms with Crippen molar-refractivity contribution in [2.45, 2.75) is 51.2 Å². The van der Waals surface area contributed by atoms with Crippen LogP contribution in [-0.4, -0.2) is 55.0 Å². The fourth-order valence-electron chi connectivity index (χ4n) is 5.57. The number of hydrogen-bond acceptors (Lipinski definition) is 5. The number of alkyl halides is 3. The maximum atomic E-state index is 13.7. The van der Waals surface area contributed by atoms with Crippen LogP contribution in [0.1, 0.15) is 40.4 Å². The van der Waals surface area contributed by atoms with Gasteiger partial charge in [-0.2, -0.15) is 13.2 Å². The number of anilines is 1. The summed E-state index contributed by atoms with van der Waals surface area (Å²) in [5.41, 5.74) is 1.95. The summed E-state index contributed by atoms with van der Waals surface area (Å²) in [4.78, 5) is 13.7. The quantitative estimate of drug-likeness (QED) is 0.223. The number of carbonyl (C=O) groups is 1. The zero-order chi connectivity index (χ0) is 31.5. The van der Waals surface area contributed by atoms with E-state index < -0.39 is 39.8 Å². The Kier molecular flexibility index (Phi) is 9.33. The summed E-state index contributed by atoms with van der Waals surface area (Å²) in [6.07, 6.45) is -2.91. The minimum absolute atomic E-state index is 0.00299. The van der Waals surface area contributed by atoms with Gasteiger partial charge in [-0.3, -0.25) is 9.10 Å². The lowest BCUT2D eigenvalue weighted by molar-refractivity contribution is -0.137. The van der Waals surface area contributed by atoms with Gasteiger partial charge in [0.25, 0.3) is 5.91 Å². The molecule has 8 nitrogen and oxygen atoms in total. The van der Waals surface area contributed by atoms with E-state index in [9.17, 15) is 31.5 Å². The highest BCUT2D eigenvalue weighted by Gasteiger charge is 2.32. The summed E-state index contributed by atoms with van der Waals surface area (Å²) in [7, 11) is -3.51. The summed E-state index contributed by atoms with van der Waals surface area (Å²) >= 11 is 0. The van der Waals surface area contributed by atoms with Crippen molar-refractivity contribution in [1.29, 1.82) is 0 Å². The standard InChI is InChI=1S/C32H35F3N4O4S/c1-2-38-14-12-26-28(38)18-24(19-29(26)39-13-7-15-44(39,42)43)31(41)37-27(17-22-8-4-3-5-9-22)30(40)21-36-20-23-10-6-11-25(16-23)32(33,34)35/h3-6,8-12,14,16,18-19,27,30,36,40H,2,7,13,15,17,20-21H2,1H3,(H,37,41)/t27-,30+/m0/s1. The summed E-state index contributed by atoms with van der Waals surface area (Å²) in [6, 6.07) is 18.7. The zero-order valence-electron chi connectivity index (χ0n) is 24.2. The van der Waals surface area contributed by atoms with Gasteiger partial charge in [0.2, 0.25) is 10.0 Å². The fraction of sp³-hybridized carbons (Fsp3) is 0.344. The lowest BCUT2D eigenvalue weighted by Gasteiger charge is -2.26. The molecule has 0 spiro atoms. The number of aliphatic hydroxyl groups excluding tert-OH is 1. The Labute approximate surface area is 254 Å². The van der Waals surface area contributed by atoms with Gasteiger partial charge in [-0.05, 0) is 55.2 Å². The Morgan fingerprint density at radius 1 is 1.02 bits per heavy atom. The maximum Gasteiger partial charge on any atom is 0.416 e. The largest absolute Gasteiger partial charge is 0.416 e. The molecule has 2 heterocycles. The normalized spacial score (nSPS) is 16.2. The van der Waals surface area contributed by atoms with E-state index in [1.165, 1.54) is 10.4 Å². The van der Waals surface area contributed by atoms with Crippen molar-refractivity contribution < 1.29 is 31.5 Å². The molecule has 1 saturated heterocycles. The number of hydrogen-bond donors (Lipinski definition) is 3. The second kappa shape index (κ2) is 13.0. The van der Waals surface area contributed by atoms with E-state index in [2.05, 4.69) is 10.6 Å². The van der Waals surface area contributed by atoms with Gasteiger partial charge in [0.15, 0.2) is 0 Å². The van der Waals surface area contributed by atoms with Crippen molar-refractivity contribution in [1.82, 2.24) is 15.2 Å². The number of aryl methyl sites for hydroxylation is 1. The third-order valence-electron chi connectivity index (χ3n) is 7.85. The highest BCUT2D eigenvalue weighted by atomic mass is 32.2. The molecular formula is C32H35F3N4O4S.